The third kappa shape index (κ3) is 22.8. The predicted molar refractivity (Wildman–Crippen MR) is 49.2 cm³/mol. The van der Waals surface area contributed by atoms with Gasteiger partial charge in [0.2, 0.25) is 0 Å². The van der Waals surface area contributed by atoms with Crippen molar-refractivity contribution in [1.82, 2.24) is 10.6 Å². The first-order valence-electron chi connectivity index (χ1n) is 3.82. The van der Waals surface area contributed by atoms with Gasteiger partial charge in [0, 0.05) is 0 Å². The zero-order valence-corrected chi connectivity index (χ0v) is 8.23. The lowest BCUT2D eigenvalue weighted by Gasteiger charge is -1.85. The van der Waals surface area contributed by atoms with Crippen molar-refractivity contribution in [2.75, 3.05) is 27.2 Å². The minimum absolute atomic E-state index is 0.178. The Labute approximate surface area is 73.7 Å². The number of carbonyl (C=O) groups excluding carboxylic acids is 2. The molecule has 2 N–H and O–H groups in total. The third-order valence-corrected chi connectivity index (χ3v) is 0.851. The standard InChI is InChI=1S/2C4H9NO/c2*1-4(6)3-5-2/h2*5H,3H2,1-2H3. The number of ketones is 2. The lowest BCUT2D eigenvalue weighted by Crippen LogP contribution is -2.14. The molecular formula is C8H18N2O2. The summed E-state index contributed by atoms with van der Waals surface area (Å²) < 4.78 is 0. The molecule has 4 nitrogen and oxygen atoms in total. The Hall–Kier alpha value is -0.740. The number of rotatable bonds is 4. The van der Waals surface area contributed by atoms with Gasteiger partial charge in [0.15, 0.2) is 0 Å². The molecule has 0 saturated heterocycles. The van der Waals surface area contributed by atoms with Gasteiger partial charge in [0.25, 0.3) is 0 Å². The zero-order valence-electron chi connectivity index (χ0n) is 8.23. The molecule has 4 heteroatoms. The van der Waals surface area contributed by atoms with Gasteiger partial charge < -0.3 is 10.6 Å². The first-order chi connectivity index (χ1) is 5.54. The van der Waals surface area contributed by atoms with Crippen molar-refractivity contribution in [3.63, 3.8) is 0 Å². The van der Waals surface area contributed by atoms with Crippen molar-refractivity contribution >= 4 is 11.6 Å². The van der Waals surface area contributed by atoms with Gasteiger partial charge in [0.05, 0.1) is 13.1 Å². The summed E-state index contributed by atoms with van der Waals surface area (Å²) in [4.78, 5) is 20.0. The Balaban J connectivity index is 0. The average molecular weight is 174 g/mol. The highest BCUT2D eigenvalue weighted by molar-refractivity contribution is 5.77. The van der Waals surface area contributed by atoms with E-state index in [-0.39, 0.29) is 11.6 Å². The number of Topliss-reactive ketones (excluding diaryl/α,β-unsaturated/α-hetero) is 2. The van der Waals surface area contributed by atoms with Gasteiger partial charge in [-0.2, -0.15) is 0 Å². The topological polar surface area (TPSA) is 58.2 Å². The summed E-state index contributed by atoms with van der Waals surface area (Å²) >= 11 is 0. The summed E-state index contributed by atoms with van der Waals surface area (Å²) in [5.41, 5.74) is 0. The second kappa shape index (κ2) is 10.3. The van der Waals surface area contributed by atoms with Crippen LogP contribution in [-0.2, 0) is 9.59 Å². The molecule has 0 aliphatic rings. The van der Waals surface area contributed by atoms with Gasteiger partial charge in [-0.05, 0) is 27.9 Å². The maximum absolute atomic E-state index is 9.98. The van der Waals surface area contributed by atoms with Gasteiger partial charge in [-0.15, -0.1) is 0 Å². The van der Waals surface area contributed by atoms with Crippen LogP contribution in [0.15, 0.2) is 0 Å². The summed E-state index contributed by atoms with van der Waals surface area (Å²) in [6, 6.07) is 0. The molecule has 0 atom stereocenters. The minimum Gasteiger partial charge on any atom is -0.313 e. The summed E-state index contributed by atoms with van der Waals surface area (Å²) in [7, 11) is 3.50. The van der Waals surface area contributed by atoms with Crippen LogP contribution < -0.4 is 10.6 Å². The van der Waals surface area contributed by atoms with E-state index in [1.807, 2.05) is 0 Å². The molecule has 0 aliphatic carbocycles. The van der Waals surface area contributed by atoms with E-state index in [0.717, 1.165) is 0 Å². The van der Waals surface area contributed by atoms with Crippen molar-refractivity contribution in [2.24, 2.45) is 0 Å². The predicted octanol–water partition coefficient (Wildman–Crippen LogP) is -0.410. The average Bonchev–Trinajstić information content (AvgIpc) is 1.87. The largest absolute Gasteiger partial charge is 0.313 e. The maximum Gasteiger partial charge on any atom is 0.143 e. The molecule has 0 unspecified atom stereocenters. The molecule has 72 valence electrons. The molecule has 0 amide bonds. The van der Waals surface area contributed by atoms with E-state index < -0.39 is 0 Å². The summed E-state index contributed by atoms with van der Waals surface area (Å²) in [5.74, 6) is 0.356. The molecule has 0 radical (unpaired) electrons. The smallest absolute Gasteiger partial charge is 0.143 e. The molecule has 0 aromatic rings. The molecule has 0 fully saturated rings. The van der Waals surface area contributed by atoms with E-state index in [2.05, 4.69) is 10.6 Å². The lowest BCUT2D eigenvalue weighted by molar-refractivity contribution is -0.116. The van der Waals surface area contributed by atoms with E-state index in [1.165, 1.54) is 0 Å². The summed E-state index contributed by atoms with van der Waals surface area (Å²) in [5, 5.41) is 5.44. The first kappa shape index (κ1) is 13.8. The van der Waals surface area contributed by atoms with Gasteiger partial charge in [-0.1, -0.05) is 0 Å². The zero-order chi connectivity index (χ0) is 9.98. The number of carbonyl (C=O) groups is 2. The van der Waals surface area contributed by atoms with Crippen molar-refractivity contribution in [3.05, 3.63) is 0 Å². The molecule has 0 aromatic carbocycles. The number of hydrogen-bond acceptors (Lipinski definition) is 4. The second-order valence-corrected chi connectivity index (χ2v) is 2.46. The minimum atomic E-state index is 0.178. The van der Waals surface area contributed by atoms with Gasteiger partial charge in [-0.3, -0.25) is 9.59 Å². The van der Waals surface area contributed by atoms with E-state index in [4.69, 9.17) is 0 Å². The SMILES string of the molecule is CNCC(C)=O.CNCC(C)=O. The Morgan fingerprint density at radius 1 is 0.917 bits per heavy atom. The molecule has 0 bridgehead atoms. The third-order valence-electron chi connectivity index (χ3n) is 0.851. The van der Waals surface area contributed by atoms with Crippen LogP contribution in [0.2, 0.25) is 0 Å². The van der Waals surface area contributed by atoms with Crippen molar-refractivity contribution < 1.29 is 9.59 Å². The van der Waals surface area contributed by atoms with Gasteiger partial charge in [0.1, 0.15) is 11.6 Å². The quantitative estimate of drug-likeness (QED) is 0.608. The summed E-state index contributed by atoms with van der Waals surface area (Å²) in [6.45, 7) is 4.08. The van der Waals surface area contributed by atoms with E-state index in [9.17, 15) is 9.59 Å². The fraction of sp³-hybridized carbons (Fsp3) is 0.750. The van der Waals surface area contributed by atoms with Crippen LogP contribution in [0.1, 0.15) is 13.8 Å². The number of hydrogen-bond donors (Lipinski definition) is 2. The molecular weight excluding hydrogens is 156 g/mol. The number of likely N-dealkylation sites (N-methyl/N-ethyl adjacent to an activating group) is 2. The Bertz CT molecular complexity index is 119. The maximum atomic E-state index is 9.98. The monoisotopic (exact) mass is 174 g/mol. The lowest BCUT2D eigenvalue weighted by atomic mass is 10.5. The van der Waals surface area contributed by atoms with Gasteiger partial charge in [-0.25, -0.2) is 0 Å². The Morgan fingerprint density at radius 3 is 1.17 bits per heavy atom. The summed E-state index contributed by atoms with van der Waals surface area (Å²) in [6.07, 6.45) is 0. The van der Waals surface area contributed by atoms with Crippen LogP contribution in [0.25, 0.3) is 0 Å². The molecule has 0 saturated carbocycles. The molecule has 0 heterocycles. The Kier molecular flexibility index (Phi) is 11.8. The molecule has 0 rings (SSSR count). The molecule has 12 heavy (non-hydrogen) atoms. The highest BCUT2D eigenvalue weighted by Crippen LogP contribution is 1.57. The van der Waals surface area contributed by atoms with Crippen LogP contribution >= 0.6 is 0 Å². The second-order valence-electron chi connectivity index (χ2n) is 2.46. The van der Waals surface area contributed by atoms with Crippen LogP contribution in [-0.4, -0.2) is 38.8 Å². The van der Waals surface area contributed by atoms with Crippen LogP contribution in [0, 0.1) is 0 Å². The van der Waals surface area contributed by atoms with Crippen LogP contribution in [0.4, 0.5) is 0 Å². The van der Waals surface area contributed by atoms with Crippen molar-refractivity contribution in [2.45, 2.75) is 13.8 Å². The fourth-order valence-electron chi connectivity index (χ4n) is 0.498. The first-order valence-corrected chi connectivity index (χ1v) is 3.82. The molecule has 0 spiro atoms. The van der Waals surface area contributed by atoms with Crippen LogP contribution in [0.5, 0.6) is 0 Å². The van der Waals surface area contributed by atoms with E-state index in [0.29, 0.717) is 13.1 Å². The molecule has 0 aromatic heterocycles. The normalized spacial score (nSPS) is 8.33. The number of nitrogens with one attached hydrogen (secondary N) is 2. The highest BCUT2D eigenvalue weighted by atomic mass is 16.1. The van der Waals surface area contributed by atoms with Crippen molar-refractivity contribution in [1.29, 1.82) is 0 Å². The van der Waals surface area contributed by atoms with Crippen molar-refractivity contribution in [3.8, 4) is 0 Å². The van der Waals surface area contributed by atoms with Gasteiger partial charge >= 0.3 is 0 Å². The molecule has 0 aliphatic heterocycles. The fourth-order valence-corrected chi connectivity index (χ4v) is 0.498. The van der Waals surface area contributed by atoms with Crippen LogP contribution in [0.3, 0.4) is 0 Å². The Morgan fingerprint density at radius 2 is 1.17 bits per heavy atom. The van der Waals surface area contributed by atoms with E-state index in [1.54, 1.807) is 27.9 Å². The highest BCUT2D eigenvalue weighted by Gasteiger charge is 1.82. The van der Waals surface area contributed by atoms with E-state index >= 15 is 0 Å².